The molecular formula is C17H16N2O3S. The Balaban J connectivity index is 2.28. The molecule has 118 valence electrons. The van der Waals surface area contributed by atoms with E-state index in [0.717, 1.165) is 10.4 Å². The predicted molar refractivity (Wildman–Crippen MR) is 91.0 cm³/mol. The highest BCUT2D eigenvalue weighted by atomic mass is 32.1. The van der Waals surface area contributed by atoms with E-state index in [2.05, 4.69) is 4.98 Å². The van der Waals surface area contributed by atoms with Crippen molar-refractivity contribution in [3.8, 4) is 10.4 Å². The van der Waals surface area contributed by atoms with Crippen molar-refractivity contribution in [3.05, 3.63) is 52.6 Å². The summed E-state index contributed by atoms with van der Waals surface area (Å²) >= 11 is 1.43. The Morgan fingerprint density at radius 3 is 2.52 bits per heavy atom. The number of benzene rings is 1. The molecule has 0 radical (unpaired) electrons. The average molecular weight is 328 g/mol. The maximum atomic E-state index is 12.8. The van der Waals surface area contributed by atoms with E-state index < -0.39 is 11.5 Å². The number of thiophene rings is 1. The fourth-order valence-electron chi connectivity index (χ4n) is 2.58. The second kappa shape index (κ2) is 5.31. The van der Waals surface area contributed by atoms with Crippen molar-refractivity contribution in [1.29, 1.82) is 0 Å². The minimum absolute atomic E-state index is 0.321. The summed E-state index contributed by atoms with van der Waals surface area (Å²) in [6, 6.07) is 11.5. The van der Waals surface area contributed by atoms with Crippen LogP contribution >= 0.6 is 11.3 Å². The number of carbonyl (C=O) groups is 1. The number of hydrogen-bond donors (Lipinski definition) is 1. The Kier molecular flexibility index (Phi) is 3.56. The van der Waals surface area contributed by atoms with Gasteiger partial charge in [0.25, 0.3) is 5.56 Å². The summed E-state index contributed by atoms with van der Waals surface area (Å²) in [7, 11) is 0. The predicted octanol–water partition coefficient (Wildman–Crippen LogP) is 3.25. The number of aryl methyl sites for hydroxylation is 1. The molecule has 1 aromatic carbocycles. The van der Waals surface area contributed by atoms with E-state index in [1.54, 1.807) is 13.0 Å². The fraction of sp³-hybridized carbons (Fsp3) is 0.235. The van der Waals surface area contributed by atoms with E-state index in [-0.39, 0.29) is 5.56 Å². The van der Waals surface area contributed by atoms with Crippen molar-refractivity contribution in [1.82, 2.24) is 9.55 Å². The first kappa shape index (κ1) is 15.4. The van der Waals surface area contributed by atoms with Crippen LogP contribution in [-0.2, 0) is 10.3 Å². The number of fused-ring (bicyclic) bond motifs is 1. The van der Waals surface area contributed by atoms with Gasteiger partial charge in [-0.2, -0.15) is 0 Å². The van der Waals surface area contributed by atoms with Crippen molar-refractivity contribution in [3.63, 3.8) is 0 Å². The minimum Gasteiger partial charge on any atom is -0.480 e. The van der Waals surface area contributed by atoms with Crippen molar-refractivity contribution in [2.24, 2.45) is 0 Å². The standard InChI is InChI=1S/C17H16N2O3S/c1-10-18-14-12(15(20)19(10)17(2,3)16(21)22)9-13(23-14)11-7-5-4-6-8-11/h4-9H,1-3H3,(H,21,22). The van der Waals surface area contributed by atoms with Crippen molar-refractivity contribution in [2.45, 2.75) is 26.3 Å². The molecule has 0 bridgehead atoms. The zero-order valence-electron chi connectivity index (χ0n) is 13.0. The molecule has 0 aliphatic rings. The summed E-state index contributed by atoms with van der Waals surface area (Å²) in [5.41, 5.74) is -0.660. The number of aromatic nitrogens is 2. The van der Waals surface area contributed by atoms with Gasteiger partial charge in [-0.3, -0.25) is 9.36 Å². The highest BCUT2D eigenvalue weighted by molar-refractivity contribution is 7.21. The van der Waals surface area contributed by atoms with Gasteiger partial charge in [-0.25, -0.2) is 9.78 Å². The van der Waals surface area contributed by atoms with E-state index in [0.29, 0.717) is 16.0 Å². The van der Waals surface area contributed by atoms with Crippen LogP contribution in [0.25, 0.3) is 20.7 Å². The van der Waals surface area contributed by atoms with E-state index in [9.17, 15) is 14.7 Å². The molecule has 1 N–H and O–H groups in total. The maximum Gasteiger partial charge on any atom is 0.329 e. The Bertz CT molecular complexity index is 955. The lowest BCUT2D eigenvalue weighted by molar-refractivity contribution is -0.145. The van der Waals surface area contributed by atoms with Crippen molar-refractivity contribution >= 4 is 27.5 Å². The van der Waals surface area contributed by atoms with Gasteiger partial charge >= 0.3 is 5.97 Å². The highest BCUT2D eigenvalue weighted by Crippen LogP contribution is 2.31. The summed E-state index contributed by atoms with van der Waals surface area (Å²) in [4.78, 5) is 30.3. The van der Waals surface area contributed by atoms with Gasteiger partial charge in [-0.05, 0) is 32.4 Å². The Labute approximate surface area is 136 Å². The molecule has 0 fully saturated rings. The summed E-state index contributed by atoms with van der Waals surface area (Å²) in [6.45, 7) is 4.66. The molecule has 0 aliphatic carbocycles. The normalized spacial score (nSPS) is 11.8. The van der Waals surface area contributed by atoms with Gasteiger partial charge in [0.15, 0.2) is 0 Å². The molecule has 0 atom stereocenters. The van der Waals surface area contributed by atoms with Gasteiger partial charge in [-0.15, -0.1) is 11.3 Å². The summed E-state index contributed by atoms with van der Waals surface area (Å²) < 4.78 is 1.25. The molecule has 0 amide bonds. The van der Waals surface area contributed by atoms with Gasteiger partial charge in [0.2, 0.25) is 0 Å². The molecule has 0 aliphatic heterocycles. The third-order valence-corrected chi connectivity index (χ3v) is 4.95. The minimum atomic E-state index is -1.35. The Hall–Kier alpha value is -2.47. The maximum absolute atomic E-state index is 12.8. The first-order chi connectivity index (χ1) is 10.8. The fourth-order valence-corrected chi connectivity index (χ4v) is 3.65. The van der Waals surface area contributed by atoms with Crippen LogP contribution in [-0.4, -0.2) is 20.6 Å². The van der Waals surface area contributed by atoms with E-state index >= 15 is 0 Å². The van der Waals surface area contributed by atoms with Crippen molar-refractivity contribution in [2.75, 3.05) is 0 Å². The molecule has 0 spiro atoms. The SMILES string of the molecule is Cc1nc2sc(-c3ccccc3)cc2c(=O)n1C(C)(C)C(=O)O. The molecule has 6 heteroatoms. The number of aliphatic carboxylic acids is 1. The molecule has 2 heterocycles. The number of nitrogens with zero attached hydrogens (tertiary/aromatic N) is 2. The highest BCUT2D eigenvalue weighted by Gasteiger charge is 2.33. The van der Waals surface area contributed by atoms with Crippen LogP contribution in [0.3, 0.4) is 0 Å². The zero-order valence-corrected chi connectivity index (χ0v) is 13.8. The first-order valence-electron chi connectivity index (χ1n) is 7.15. The largest absolute Gasteiger partial charge is 0.480 e. The lowest BCUT2D eigenvalue weighted by Crippen LogP contribution is -2.44. The van der Waals surface area contributed by atoms with E-state index in [1.165, 1.54) is 29.8 Å². The second-order valence-corrected chi connectivity index (χ2v) is 6.89. The molecule has 23 heavy (non-hydrogen) atoms. The molecule has 0 saturated heterocycles. The molecule has 2 aromatic heterocycles. The number of carboxylic acids is 1. The lowest BCUT2D eigenvalue weighted by Gasteiger charge is -2.24. The van der Waals surface area contributed by atoms with Gasteiger partial charge in [0, 0.05) is 4.88 Å². The molecule has 3 aromatic rings. The topological polar surface area (TPSA) is 72.2 Å². The van der Waals surface area contributed by atoms with Gasteiger partial charge in [0.05, 0.1) is 5.39 Å². The van der Waals surface area contributed by atoms with Gasteiger partial charge in [0.1, 0.15) is 16.2 Å². The molecule has 5 nitrogen and oxygen atoms in total. The van der Waals surface area contributed by atoms with E-state index in [1.807, 2.05) is 30.3 Å². The zero-order chi connectivity index (χ0) is 16.8. The molecular weight excluding hydrogens is 312 g/mol. The van der Waals surface area contributed by atoms with Crippen LogP contribution < -0.4 is 5.56 Å². The smallest absolute Gasteiger partial charge is 0.329 e. The molecule has 0 unspecified atom stereocenters. The van der Waals surface area contributed by atoms with Crippen LogP contribution in [0.2, 0.25) is 0 Å². The molecule has 3 rings (SSSR count). The monoisotopic (exact) mass is 328 g/mol. The quantitative estimate of drug-likeness (QED) is 0.801. The average Bonchev–Trinajstić information content (AvgIpc) is 2.92. The van der Waals surface area contributed by atoms with E-state index in [4.69, 9.17) is 0 Å². The van der Waals surface area contributed by atoms with Crippen LogP contribution in [0.15, 0.2) is 41.2 Å². The second-order valence-electron chi connectivity index (χ2n) is 5.86. The third kappa shape index (κ3) is 2.45. The summed E-state index contributed by atoms with van der Waals surface area (Å²) in [6.07, 6.45) is 0. The van der Waals surface area contributed by atoms with Crippen molar-refractivity contribution < 1.29 is 9.90 Å². The third-order valence-electron chi connectivity index (χ3n) is 3.87. The molecule has 0 saturated carbocycles. The summed E-state index contributed by atoms with van der Waals surface area (Å²) in [5.74, 6) is -0.668. The lowest BCUT2D eigenvalue weighted by atomic mass is 10.1. The Morgan fingerprint density at radius 1 is 1.26 bits per heavy atom. The van der Waals surface area contributed by atoms with Crippen LogP contribution in [0.4, 0.5) is 0 Å². The number of rotatable bonds is 3. The number of hydrogen-bond acceptors (Lipinski definition) is 4. The number of carboxylic acid groups (broad SMARTS) is 1. The van der Waals surface area contributed by atoms with Crippen LogP contribution in [0, 0.1) is 6.92 Å². The first-order valence-corrected chi connectivity index (χ1v) is 7.96. The summed E-state index contributed by atoms with van der Waals surface area (Å²) in [5, 5.41) is 9.87. The van der Waals surface area contributed by atoms with Gasteiger partial charge < -0.3 is 5.11 Å². The Morgan fingerprint density at radius 2 is 1.91 bits per heavy atom. The van der Waals surface area contributed by atoms with Crippen LogP contribution in [0.5, 0.6) is 0 Å². The van der Waals surface area contributed by atoms with Gasteiger partial charge in [-0.1, -0.05) is 30.3 Å². The van der Waals surface area contributed by atoms with Crippen LogP contribution in [0.1, 0.15) is 19.7 Å².